The summed E-state index contributed by atoms with van der Waals surface area (Å²) in [5.41, 5.74) is 3.81. The summed E-state index contributed by atoms with van der Waals surface area (Å²) < 4.78 is 11.2. The Balaban J connectivity index is 1.30. The maximum Gasteiger partial charge on any atom is 0.190 e. The highest BCUT2D eigenvalue weighted by Gasteiger charge is 2.14. The molecule has 1 unspecified atom stereocenters. The Hall–Kier alpha value is -2.05. The van der Waals surface area contributed by atoms with E-state index in [1.54, 1.807) is 7.05 Å². The van der Waals surface area contributed by atoms with E-state index in [0.717, 1.165) is 64.6 Å². The van der Waals surface area contributed by atoms with E-state index in [9.17, 15) is 0 Å². The minimum absolute atomic E-state index is 0.306. The molecule has 1 aromatic heterocycles. The van der Waals surface area contributed by atoms with Gasteiger partial charge in [-0.25, -0.2) is 0 Å². The molecule has 2 heterocycles. The Labute approximate surface area is 161 Å². The number of guanidine groups is 1. The quantitative estimate of drug-likeness (QED) is 0.360. The van der Waals surface area contributed by atoms with Crippen molar-refractivity contribution in [1.29, 1.82) is 0 Å². The van der Waals surface area contributed by atoms with Gasteiger partial charge in [0.25, 0.3) is 0 Å². The van der Waals surface area contributed by atoms with Gasteiger partial charge in [-0.1, -0.05) is 12.1 Å². The first-order chi connectivity index (χ1) is 13.3. The lowest BCUT2D eigenvalue weighted by molar-refractivity contribution is 0.0168. The van der Waals surface area contributed by atoms with E-state index < -0.39 is 0 Å². The van der Waals surface area contributed by atoms with Crippen LogP contribution in [0.5, 0.6) is 0 Å². The fourth-order valence-corrected chi connectivity index (χ4v) is 3.41. The van der Waals surface area contributed by atoms with Crippen LogP contribution < -0.4 is 10.6 Å². The van der Waals surface area contributed by atoms with Gasteiger partial charge >= 0.3 is 0 Å². The summed E-state index contributed by atoms with van der Waals surface area (Å²) in [5, 5.41) is 8.03. The number of hydrogen-bond acceptors (Lipinski definition) is 3. The topological polar surface area (TPSA) is 70.7 Å². The van der Waals surface area contributed by atoms with E-state index in [-0.39, 0.29) is 0 Å². The van der Waals surface area contributed by atoms with Crippen LogP contribution >= 0.6 is 0 Å². The number of rotatable bonds is 9. The standard InChI is InChI=1S/C21H32N4O2/c1-16-6-7-19-17(14-25-20(19)13-16)8-10-24-21(22-2)23-9-4-11-26-15-18-5-3-12-27-18/h6-7,13-14,18,25H,3-5,8-12,15H2,1-2H3,(H2,22,23,24). The molecule has 1 aromatic carbocycles. The van der Waals surface area contributed by atoms with Crippen molar-refractivity contribution in [3.63, 3.8) is 0 Å². The number of hydrogen-bond donors (Lipinski definition) is 3. The number of nitrogens with zero attached hydrogens (tertiary/aromatic N) is 1. The van der Waals surface area contributed by atoms with Crippen LogP contribution in [0.1, 0.15) is 30.4 Å². The predicted octanol–water partition coefficient (Wildman–Crippen LogP) is 2.77. The fraction of sp³-hybridized carbons (Fsp3) is 0.571. The normalized spacial score (nSPS) is 17.6. The molecule has 0 aliphatic carbocycles. The lowest BCUT2D eigenvalue weighted by atomic mass is 10.1. The van der Waals surface area contributed by atoms with Crippen LogP contribution in [-0.2, 0) is 15.9 Å². The number of aryl methyl sites for hydroxylation is 1. The monoisotopic (exact) mass is 372 g/mol. The largest absolute Gasteiger partial charge is 0.379 e. The molecule has 1 atom stereocenters. The van der Waals surface area contributed by atoms with Gasteiger partial charge in [-0.05, 0) is 49.8 Å². The molecule has 0 saturated carbocycles. The average Bonchev–Trinajstić information content (AvgIpc) is 3.32. The van der Waals surface area contributed by atoms with Crippen LogP contribution in [-0.4, -0.2) is 57.0 Å². The number of aromatic nitrogens is 1. The van der Waals surface area contributed by atoms with Crippen LogP contribution in [0.25, 0.3) is 10.9 Å². The van der Waals surface area contributed by atoms with Gasteiger partial charge in [0.15, 0.2) is 5.96 Å². The molecule has 3 rings (SSSR count). The van der Waals surface area contributed by atoms with Gasteiger partial charge in [-0.2, -0.15) is 0 Å². The third-order valence-electron chi connectivity index (χ3n) is 4.92. The van der Waals surface area contributed by atoms with Crippen LogP contribution in [0.15, 0.2) is 29.4 Å². The summed E-state index contributed by atoms with van der Waals surface area (Å²) in [6.45, 7) is 6.16. The van der Waals surface area contributed by atoms with Gasteiger partial charge in [0.1, 0.15) is 0 Å². The second-order valence-corrected chi connectivity index (χ2v) is 7.10. The van der Waals surface area contributed by atoms with E-state index in [1.165, 1.54) is 22.0 Å². The molecule has 0 radical (unpaired) electrons. The molecule has 6 heteroatoms. The summed E-state index contributed by atoms with van der Waals surface area (Å²) in [6, 6.07) is 6.54. The fourth-order valence-electron chi connectivity index (χ4n) is 3.41. The number of aromatic amines is 1. The van der Waals surface area contributed by atoms with Crippen LogP contribution in [0.3, 0.4) is 0 Å². The van der Waals surface area contributed by atoms with Gasteiger partial charge in [-0.3, -0.25) is 4.99 Å². The van der Waals surface area contributed by atoms with Crippen molar-refractivity contribution in [3.05, 3.63) is 35.5 Å². The second kappa shape index (κ2) is 10.3. The summed E-state index contributed by atoms with van der Waals surface area (Å²) in [6.07, 6.45) is 6.61. The van der Waals surface area contributed by atoms with E-state index in [4.69, 9.17) is 9.47 Å². The Morgan fingerprint density at radius 2 is 2.22 bits per heavy atom. The molecule has 0 spiro atoms. The molecule has 0 bridgehead atoms. The van der Waals surface area contributed by atoms with E-state index in [1.807, 2.05) is 0 Å². The van der Waals surface area contributed by atoms with E-state index >= 15 is 0 Å². The van der Waals surface area contributed by atoms with Gasteiger partial charge in [-0.15, -0.1) is 0 Å². The van der Waals surface area contributed by atoms with Crippen LogP contribution in [0.2, 0.25) is 0 Å². The summed E-state index contributed by atoms with van der Waals surface area (Å²) >= 11 is 0. The minimum atomic E-state index is 0.306. The maximum absolute atomic E-state index is 5.68. The molecular weight excluding hydrogens is 340 g/mol. The molecule has 1 fully saturated rings. The average molecular weight is 373 g/mol. The Morgan fingerprint density at radius 1 is 1.33 bits per heavy atom. The van der Waals surface area contributed by atoms with E-state index in [2.05, 4.69) is 51.9 Å². The summed E-state index contributed by atoms with van der Waals surface area (Å²) in [5.74, 6) is 0.838. The molecular formula is C21H32N4O2. The molecule has 6 nitrogen and oxygen atoms in total. The van der Waals surface area contributed by atoms with Gasteiger partial charge < -0.3 is 25.1 Å². The van der Waals surface area contributed by atoms with Crippen molar-refractivity contribution in [1.82, 2.24) is 15.6 Å². The molecule has 148 valence electrons. The number of H-pyrrole nitrogens is 1. The summed E-state index contributed by atoms with van der Waals surface area (Å²) in [7, 11) is 1.80. The van der Waals surface area contributed by atoms with Crippen LogP contribution in [0, 0.1) is 6.92 Å². The van der Waals surface area contributed by atoms with Gasteiger partial charge in [0, 0.05) is 50.5 Å². The Morgan fingerprint density at radius 3 is 3.04 bits per heavy atom. The molecule has 3 N–H and O–H groups in total. The zero-order valence-electron chi connectivity index (χ0n) is 16.5. The molecule has 1 aliphatic heterocycles. The first-order valence-corrected chi connectivity index (χ1v) is 9.97. The predicted molar refractivity (Wildman–Crippen MR) is 111 cm³/mol. The van der Waals surface area contributed by atoms with Crippen molar-refractivity contribution in [2.24, 2.45) is 4.99 Å². The first-order valence-electron chi connectivity index (χ1n) is 9.97. The smallest absolute Gasteiger partial charge is 0.190 e. The molecule has 1 saturated heterocycles. The highest BCUT2D eigenvalue weighted by molar-refractivity contribution is 5.84. The SMILES string of the molecule is CN=C(NCCCOCC1CCCO1)NCCc1c[nH]c2cc(C)ccc12. The number of benzene rings is 1. The highest BCUT2D eigenvalue weighted by atomic mass is 16.5. The third-order valence-corrected chi connectivity index (χ3v) is 4.92. The first kappa shape index (κ1) is 19.7. The molecule has 2 aromatic rings. The molecule has 27 heavy (non-hydrogen) atoms. The lowest BCUT2D eigenvalue weighted by Crippen LogP contribution is -2.39. The van der Waals surface area contributed by atoms with Crippen molar-refractivity contribution in [3.8, 4) is 0 Å². The number of aliphatic imine (C=N–C) groups is 1. The lowest BCUT2D eigenvalue weighted by Gasteiger charge is -2.13. The second-order valence-electron chi connectivity index (χ2n) is 7.10. The van der Waals surface area contributed by atoms with Crippen molar-refractivity contribution < 1.29 is 9.47 Å². The Bertz CT molecular complexity index is 735. The van der Waals surface area contributed by atoms with Gasteiger partial charge in [0.05, 0.1) is 12.7 Å². The maximum atomic E-state index is 5.68. The Kier molecular flexibility index (Phi) is 7.54. The minimum Gasteiger partial charge on any atom is -0.379 e. The van der Waals surface area contributed by atoms with Gasteiger partial charge in [0.2, 0.25) is 0 Å². The third kappa shape index (κ3) is 5.97. The number of nitrogens with one attached hydrogen (secondary N) is 3. The highest BCUT2D eigenvalue weighted by Crippen LogP contribution is 2.19. The van der Waals surface area contributed by atoms with Crippen molar-refractivity contribution >= 4 is 16.9 Å². The zero-order valence-corrected chi connectivity index (χ0v) is 16.5. The number of fused-ring (bicyclic) bond motifs is 1. The van der Waals surface area contributed by atoms with Crippen molar-refractivity contribution in [2.75, 3.05) is 40.0 Å². The van der Waals surface area contributed by atoms with E-state index in [0.29, 0.717) is 6.10 Å². The number of ether oxygens (including phenoxy) is 2. The zero-order chi connectivity index (χ0) is 18.9. The summed E-state index contributed by atoms with van der Waals surface area (Å²) in [4.78, 5) is 7.65. The molecule has 0 amide bonds. The molecule has 1 aliphatic rings. The van der Waals surface area contributed by atoms with Crippen LogP contribution in [0.4, 0.5) is 0 Å². The van der Waals surface area contributed by atoms with Crippen molar-refractivity contribution in [2.45, 2.75) is 38.7 Å².